The van der Waals surface area contributed by atoms with Gasteiger partial charge >= 0.3 is 0 Å². The van der Waals surface area contributed by atoms with Crippen LogP contribution in [0.5, 0.6) is 11.5 Å². The Balaban J connectivity index is 1.40. The molecule has 2 heterocycles. The van der Waals surface area contributed by atoms with Gasteiger partial charge in [0.05, 0.1) is 34.6 Å². The van der Waals surface area contributed by atoms with Crippen LogP contribution >= 0.6 is 50.6 Å². The lowest BCUT2D eigenvalue weighted by Crippen LogP contribution is -2.24. The number of methoxy groups -OCH3 is 1. The third-order valence-corrected chi connectivity index (χ3v) is 9.03. The molecule has 1 aliphatic rings. The molecule has 0 atom stereocenters. The SMILES string of the molecule is COc1cc(/C=N/NC(=O)CSc2nc3sc4c(c3c(=O)n2-c2ccc(Cl)cc2)CCCC4)cc(Br)c1O. The van der Waals surface area contributed by atoms with E-state index in [1.165, 1.54) is 18.2 Å². The van der Waals surface area contributed by atoms with Crippen LogP contribution in [0.3, 0.4) is 0 Å². The van der Waals surface area contributed by atoms with E-state index >= 15 is 0 Å². The number of aromatic hydroxyl groups is 1. The molecule has 0 fully saturated rings. The standard InChI is InChI=1S/C26H22BrClN4O4S2/c1-36-19-11-14(10-18(27)23(19)34)12-29-31-21(33)13-37-26-30-24-22(17-4-2-3-5-20(17)38-24)25(35)32(26)16-8-6-15(28)7-9-16/h6-12,34H,2-5,13H2,1H3,(H,31,33)/b29-12+. The van der Waals surface area contributed by atoms with E-state index in [9.17, 15) is 14.7 Å². The zero-order valence-electron chi connectivity index (χ0n) is 20.2. The number of carbonyl (C=O) groups excluding carboxylic acids is 1. The van der Waals surface area contributed by atoms with Crippen LogP contribution in [0.4, 0.5) is 0 Å². The van der Waals surface area contributed by atoms with Crippen molar-refractivity contribution in [3.8, 4) is 17.2 Å². The largest absolute Gasteiger partial charge is 0.503 e. The van der Waals surface area contributed by atoms with Crippen LogP contribution in [-0.2, 0) is 17.6 Å². The van der Waals surface area contributed by atoms with Gasteiger partial charge in [-0.1, -0.05) is 23.4 Å². The third kappa shape index (κ3) is 5.47. The predicted molar refractivity (Wildman–Crippen MR) is 156 cm³/mol. The molecule has 196 valence electrons. The number of rotatable bonds is 7. The van der Waals surface area contributed by atoms with Crippen molar-refractivity contribution in [1.82, 2.24) is 15.0 Å². The normalized spacial score (nSPS) is 13.1. The van der Waals surface area contributed by atoms with Gasteiger partial charge < -0.3 is 9.84 Å². The summed E-state index contributed by atoms with van der Waals surface area (Å²) in [6.45, 7) is 0. The number of benzene rings is 2. The first-order valence-electron chi connectivity index (χ1n) is 11.7. The molecule has 2 aromatic heterocycles. The molecule has 38 heavy (non-hydrogen) atoms. The second-order valence-corrected chi connectivity index (χ2v) is 11.9. The molecule has 8 nitrogen and oxygen atoms in total. The number of phenolic OH excluding ortho intramolecular Hbond substituents is 1. The van der Waals surface area contributed by atoms with Crippen LogP contribution in [-0.4, -0.2) is 39.6 Å². The maximum absolute atomic E-state index is 13.8. The van der Waals surface area contributed by atoms with Crippen molar-refractivity contribution in [2.24, 2.45) is 5.10 Å². The molecule has 0 unspecified atom stereocenters. The topological polar surface area (TPSA) is 106 Å². The minimum atomic E-state index is -0.362. The van der Waals surface area contributed by atoms with E-state index in [4.69, 9.17) is 21.3 Å². The first-order valence-corrected chi connectivity index (χ1v) is 14.7. The fraction of sp³-hybridized carbons (Fsp3) is 0.231. The molecule has 0 radical (unpaired) electrons. The summed E-state index contributed by atoms with van der Waals surface area (Å²) in [5.41, 5.74) is 4.72. The Morgan fingerprint density at radius 2 is 2.08 bits per heavy atom. The number of ether oxygens (including phenoxy) is 1. The van der Waals surface area contributed by atoms with Gasteiger partial charge in [-0.05, 0) is 89.1 Å². The number of hydrogen-bond donors (Lipinski definition) is 2. The van der Waals surface area contributed by atoms with Crippen LogP contribution in [0.15, 0.2) is 55.9 Å². The Morgan fingerprint density at radius 1 is 1.32 bits per heavy atom. The number of phenols is 1. The Morgan fingerprint density at radius 3 is 2.84 bits per heavy atom. The molecule has 0 bridgehead atoms. The number of nitrogens with zero attached hydrogens (tertiary/aromatic N) is 3. The van der Waals surface area contributed by atoms with Crippen LogP contribution in [0.25, 0.3) is 15.9 Å². The number of aromatic nitrogens is 2. The maximum atomic E-state index is 13.8. The smallest absolute Gasteiger partial charge is 0.267 e. The Hall–Kier alpha value is -2.86. The van der Waals surface area contributed by atoms with Crippen molar-refractivity contribution in [2.75, 3.05) is 12.9 Å². The van der Waals surface area contributed by atoms with Crippen LogP contribution in [0.2, 0.25) is 5.02 Å². The van der Waals surface area contributed by atoms with Gasteiger partial charge in [0.25, 0.3) is 11.5 Å². The van der Waals surface area contributed by atoms with Crippen LogP contribution < -0.4 is 15.7 Å². The molecule has 2 N–H and O–H groups in total. The number of nitrogens with one attached hydrogen (secondary N) is 1. The molecular formula is C26H22BrClN4O4S2. The molecule has 0 saturated carbocycles. The highest BCUT2D eigenvalue weighted by molar-refractivity contribution is 9.10. The van der Waals surface area contributed by atoms with E-state index in [2.05, 4.69) is 26.5 Å². The Kier molecular flexibility index (Phi) is 8.08. The summed E-state index contributed by atoms with van der Waals surface area (Å²) in [4.78, 5) is 33.1. The summed E-state index contributed by atoms with van der Waals surface area (Å²) in [5, 5.41) is 15.6. The summed E-state index contributed by atoms with van der Waals surface area (Å²) in [6.07, 6.45) is 5.46. The number of thioether (sulfide) groups is 1. The number of fused-ring (bicyclic) bond motifs is 3. The van der Waals surface area contributed by atoms with Crippen molar-refractivity contribution in [2.45, 2.75) is 30.8 Å². The number of hydrazone groups is 1. The average molecular weight is 634 g/mol. The average Bonchev–Trinajstić information content (AvgIpc) is 3.29. The van der Waals surface area contributed by atoms with E-state index < -0.39 is 0 Å². The number of thiophene rings is 1. The molecule has 1 amide bonds. The molecule has 1 aliphatic carbocycles. The zero-order chi connectivity index (χ0) is 26.8. The highest BCUT2D eigenvalue weighted by atomic mass is 79.9. The number of aryl methyl sites for hydroxylation is 2. The van der Waals surface area contributed by atoms with E-state index in [0.29, 0.717) is 36.1 Å². The Bertz CT molecular complexity index is 1620. The van der Waals surface area contributed by atoms with Gasteiger partial charge in [0.1, 0.15) is 4.83 Å². The van der Waals surface area contributed by atoms with Gasteiger partial charge in [-0.3, -0.25) is 14.2 Å². The quantitative estimate of drug-likeness (QED) is 0.117. The minimum Gasteiger partial charge on any atom is -0.503 e. The molecule has 0 saturated heterocycles. The Labute approximate surface area is 239 Å². The number of carbonyl (C=O) groups is 1. The summed E-state index contributed by atoms with van der Waals surface area (Å²) < 4.78 is 7.13. The van der Waals surface area contributed by atoms with Gasteiger partial charge in [0.2, 0.25) is 0 Å². The van der Waals surface area contributed by atoms with Crippen molar-refractivity contribution in [3.63, 3.8) is 0 Å². The third-order valence-electron chi connectivity index (χ3n) is 6.05. The second kappa shape index (κ2) is 11.5. The molecule has 5 rings (SSSR count). The van der Waals surface area contributed by atoms with Gasteiger partial charge in [0, 0.05) is 9.90 Å². The zero-order valence-corrected chi connectivity index (χ0v) is 24.1. The molecule has 0 spiro atoms. The first kappa shape index (κ1) is 26.7. The van der Waals surface area contributed by atoms with E-state index in [1.54, 1.807) is 52.3 Å². The van der Waals surface area contributed by atoms with Crippen molar-refractivity contribution >= 4 is 73.0 Å². The summed E-state index contributed by atoms with van der Waals surface area (Å²) in [7, 11) is 1.45. The van der Waals surface area contributed by atoms with E-state index in [-0.39, 0.29) is 28.7 Å². The molecular weight excluding hydrogens is 612 g/mol. The number of halogens is 2. The molecule has 2 aromatic carbocycles. The maximum Gasteiger partial charge on any atom is 0.267 e. The predicted octanol–water partition coefficient (Wildman–Crippen LogP) is 5.70. The lowest BCUT2D eigenvalue weighted by molar-refractivity contribution is -0.118. The van der Waals surface area contributed by atoms with Crippen molar-refractivity contribution in [3.05, 3.63) is 72.3 Å². The van der Waals surface area contributed by atoms with Gasteiger partial charge in [-0.15, -0.1) is 11.3 Å². The van der Waals surface area contributed by atoms with E-state index in [0.717, 1.165) is 43.0 Å². The highest BCUT2D eigenvalue weighted by Gasteiger charge is 2.23. The summed E-state index contributed by atoms with van der Waals surface area (Å²) in [6, 6.07) is 10.2. The second-order valence-electron chi connectivity index (χ2n) is 8.54. The van der Waals surface area contributed by atoms with Gasteiger partial charge in [-0.25, -0.2) is 10.4 Å². The van der Waals surface area contributed by atoms with Crippen molar-refractivity contribution in [1.29, 1.82) is 0 Å². The van der Waals surface area contributed by atoms with Gasteiger partial charge in [-0.2, -0.15) is 5.10 Å². The summed E-state index contributed by atoms with van der Waals surface area (Å²) >= 11 is 12.1. The minimum absolute atomic E-state index is 0.00341. The fourth-order valence-electron chi connectivity index (χ4n) is 4.27. The lowest BCUT2D eigenvalue weighted by Gasteiger charge is -2.13. The molecule has 12 heteroatoms. The molecule has 4 aromatic rings. The highest BCUT2D eigenvalue weighted by Crippen LogP contribution is 2.36. The monoisotopic (exact) mass is 632 g/mol. The van der Waals surface area contributed by atoms with Crippen LogP contribution in [0, 0.1) is 0 Å². The fourth-order valence-corrected chi connectivity index (χ4v) is 6.96. The lowest BCUT2D eigenvalue weighted by atomic mass is 9.97. The van der Waals surface area contributed by atoms with Crippen molar-refractivity contribution < 1.29 is 14.6 Å². The van der Waals surface area contributed by atoms with Crippen LogP contribution in [0.1, 0.15) is 28.8 Å². The first-order chi connectivity index (χ1) is 18.4. The summed E-state index contributed by atoms with van der Waals surface area (Å²) in [5.74, 6) is -0.109. The number of hydrogen-bond acceptors (Lipinski definition) is 8. The van der Waals surface area contributed by atoms with E-state index in [1.807, 2.05) is 0 Å². The number of amides is 1. The van der Waals surface area contributed by atoms with Gasteiger partial charge in [0.15, 0.2) is 16.7 Å². The molecule has 0 aliphatic heterocycles.